The quantitative estimate of drug-likeness (QED) is 0.0344. The van der Waals surface area contributed by atoms with Gasteiger partial charge in [0.15, 0.2) is 6.10 Å². The fourth-order valence-electron chi connectivity index (χ4n) is 9.15. The molecule has 0 heterocycles. The van der Waals surface area contributed by atoms with E-state index in [1.165, 1.54) is 238 Å². The summed E-state index contributed by atoms with van der Waals surface area (Å²) in [5, 5.41) is 0. The molecule has 386 valence electrons. The fraction of sp³-hybridized carbons (Fsp3) is 0.949. The molecule has 0 aromatic heterocycles. The highest BCUT2D eigenvalue weighted by molar-refractivity contribution is 5.71. The normalized spacial score (nSPS) is 11.9. The van der Waals surface area contributed by atoms with Crippen LogP contribution in [0.2, 0.25) is 0 Å². The van der Waals surface area contributed by atoms with E-state index in [9.17, 15) is 14.4 Å². The molecule has 0 aromatic carbocycles. The molecular formula is C59H114O6. The standard InChI is InChI=1S/C59H114O6/c1-4-7-10-13-15-17-19-21-23-25-26-27-28-29-30-31-32-33-34-36-37-39-41-43-46-49-52-58(61)64-55-56(54-63-57(60)51-48-45-12-9-6-3)65-59(62)53-50-47-44-42-40-38-35-24-22-20-18-16-14-11-8-5-2/h56H,4-55H2,1-3H3. The summed E-state index contributed by atoms with van der Waals surface area (Å²) in [5.74, 6) is -0.852. The Labute approximate surface area is 406 Å². The molecule has 6 heteroatoms. The maximum Gasteiger partial charge on any atom is 0.306 e. The first-order valence-electron chi connectivity index (χ1n) is 29.5. The van der Waals surface area contributed by atoms with Crippen LogP contribution in [0.5, 0.6) is 0 Å². The van der Waals surface area contributed by atoms with Crippen LogP contribution in [0.15, 0.2) is 0 Å². The molecule has 0 aliphatic heterocycles. The Balaban J connectivity index is 3.95. The lowest BCUT2D eigenvalue weighted by Crippen LogP contribution is -2.30. The van der Waals surface area contributed by atoms with Crippen molar-refractivity contribution in [2.24, 2.45) is 0 Å². The van der Waals surface area contributed by atoms with Crippen LogP contribution in [0, 0.1) is 0 Å². The maximum absolute atomic E-state index is 12.8. The van der Waals surface area contributed by atoms with Crippen LogP contribution in [0.1, 0.15) is 342 Å². The molecule has 0 bridgehead atoms. The van der Waals surface area contributed by atoms with Crippen molar-refractivity contribution in [1.82, 2.24) is 0 Å². The van der Waals surface area contributed by atoms with Crippen molar-refractivity contribution in [2.45, 2.75) is 348 Å². The largest absolute Gasteiger partial charge is 0.462 e. The fourth-order valence-corrected chi connectivity index (χ4v) is 9.15. The second-order valence-electron chi connectivity index (χ2n) is 20.3. The molecule has 0 fully saturated rings. The first-order valence-corrected chi connectivity index (χ1v) is 29.5. The SMILES string of the molecule is CCCCCCCCCCCCCCCCCCCCCCCCCCCCC(=O)OCC(COC(=O)CCCCCCC)OC(=O)CCCCCCCCCCCCCCCCCC. The number of hydrogen-bond acceptors (Lipinski definition) is 6. The van der Waals surface area contributed by atoms with Gasteiger partial charge >= 0.3 is 17.9 Å². The highest BCUT2D eigenvalue weighted by atomic mass is 16.6. The summed E-state index contributed by atoms with van der Waals surface area (Å²) in [5.41, 5.74) is 0. The lowest BCUT2D eigenvalue weighted by atomic mass is 10.0. The van der Waals surface area contributed by atoms with Gasteiger partial charge in [0, 0.05) is 19.3 Å². The van der Waals surface area contributed by atoms with Crippen LogP contribution in [-0.4, -0.2) is 37.2 Å². The maximum atomic E-state index is 12.8. The molecular weight excluding hydrogens is 805 g/mol. The van der Waals surface area contributed by atoms with Crippen molar-refractivity contribution in [3.8, 4) is 0 Å². The molecule has 0 rings (SSSR count). The van der Waals surface area contributed by atoms with Crippen molar-refractivity contribution in [1.29, 1.82) is 0 Å². The molecule has 1 atom stereocenters. The third-order valence-electron chi connectivity index (χ3n) is 13.6. The molecule has 0 aliphatic rings. The van der Waals surface area contributed by atoms with Gasteiger partial charge in [0.25, 0.3) is 0 Å². The summed E-state index contributed by atoms with van der Waals surface area (Å²) in [6, 6.07) is 0. The molecule has 0 amide bonds. The van der Waals surface area contributed by atoms with E-state index in [1.807, 2.05) is 0 Å². The van der Waals surface area contributed by atoms with Crippen molar-refractivity contribution in [3.05, 3.63) is 0 Å². The van der Waals surface area contributed by atoms with E-state index in [4.69, 9.17) is 14.2 Å². The summed E-state index contributed by atoms with van der Waals surface area (Å²) in [7, 11) is 0. The number of rotatable bonds is 55. The predicted molar refractivity (Wildman–Crippen MR) is 280 cm³/mol. The van der Waals surface area contributed by atoms with Gasteiger partial charge in [0.1, 0.15) is 13.2 Å². The van der Waals surface area contributed by atoms with E-state index in [-0.39, 0.29) is 31.1 Å². The van der Waals surface area contributed by atoms with Gasteiger partial charge in [-0.25, -0.2) is 0 Å². The molecule has 0 aliphatic carbocycles. The topological polar surface area (TPSA) is 78.9 Å². The highest BCUT2D eigenvalue weighted by Gasteiger charge is 2.19. The molecule has 0 radical (unpaired) electrons. The third-order valence-corrected chi connectivity index (χ3v) is 13.6. The van der Waals surface area contributed by atoms with Gasteiger partial charge in [-0.2, -0.15) is 0 Å². The zero-order valence-corrected chi connectivity index (χ0v) is 44.3. The minimum Gasteiger partial charge on any atom is -0.462 e. The van der Waals surface area contributed by atoms with E-state index in [0.717, 1.165) is 64.2 Å². The predicted octanol–water partition coefficient (Wildman–Crippen LogP) is 19.5. The molecule has 0 N–H and O–H groups in total. The number of carbonyl (C=O) groups is 3. The second-order valence-corrected chi connectivity index (χ2v) is 20.3. The monoisotopic (exact) mass is 919 g/mol. The molecule has 0 saturated carbocycles. The average molecular weight is 920 g/mol. The minimum absolute atomic E-state index is 0.0627. The van der Waals surface area contributed by atoms with Gasteiger partial charge in [-0.1, -0.05) is 303 Å². The number of ether oxygens (including phenoxy) is 3. The van der Waals surface area contributed by atoms with Crippen LogP contribution >= 0.6 is 0 Å². The van der Waals surface area contributed by atoms with Gasteiger partial charge in [0.2, 0.25) is 0 Å². The van der Waals surface area contributed by atoms with E-state index in [0.29, 0.717) is 19.3 Å². The van der Waals surface area contributed by atoms with Crippen LogP contribution in [0.3, 0.4) is 0 Å². The first kappa shape index (κ1) is 63.4. The number of unbranched alkanes of at least 4 members (excludes halogenated alkanes) is 44. The zero-order valence-electron chi connectivity index (χ0n) is 44.3. The third kappa shape index (κ3) is 53.2. The molecule has 65 heavy (non-hydrogen) atoms. The first-order chi connectivity index (χ1) is 32.0. The van der Waals surface area contributed by atoms with Crippen LogP contribution in [-0.2, 0) is 28.6 Å². The van der Waals surface area contributed by atoms with E-state index < -0.39 is 6.10 Å². The lowest BCUT2D eigenvalue weighted by molar-refractivity contribution is -0.167. The van der Waals surface area contributed by atoms with Crippen LogP contribution in [0.4, 0.5) is 0 Å². The van der Waals surface area contributed by atoms with Gasteiger partial charge in [-0.3, -0.25) is 14.4 Å². The Morgan fingerprint density at radius 1 is 0.246 bits per heavy atom. The lowest BCUT2D eigenvalue weighted by Gasteiger charge is -2.18. The summed E-state index contributed by atoms with van der Waals surface area (Å²) in [4.78, 5) is 37.8. The number of carbonyl (C=O) groups excluding carboxylic acids is 3. The van der Waals surface area contributed by atoms with Gasteiger partial charge in [-0.05, 0) is 19.3 Å². The molecule has 0 spiro atoms. The van der Waals surface area contributed by atoms with Gasteiger partial charge in [0.05, 0.1) is 0 Å². The summed E-state index contributed by atoms with van der Waals surface area (Å²) < 4.78 is 16.7. The summed E-state index contributed by atoms with van der Waals surface area (Å²) in [6.07, 6.45) is 61.6. The van der Waals surface area contributed by atoms with Crippen molar-refractivity contribution in [2.75, 3.05) is 13.2 Å². The molecule has 6 nitrogen and oxygen atoms in total. The number of hydrogen-bond donors (Lipinski definition) is 0. The van der Waals surface area contributed by atoms with E-state index >= 15 is 0 Å². The second kappa shape index (κ2) is 55.0. The minimum atomic E-state index is -0.759. The Kier molecular flexibility index (Phi) is 53.7. The Morgan fingerprint density at radius 2 is 0.415 bits per heavy atom. The summed E-state index contributed by atoms with van der Waals surface area (Å²) in [6.45, 7) is 6.62. The van der Waals surface area contributed by atoms with Crippen LogP contribution in [0.25, 0.3) is 0 Å². The van der Waals surface area contributed by atoms with Crippen molar-refractivity contribution < 1.29 is 28.6 Å². The Hall–Kier alpha value is -1.59. The van der Waals surface area contributed by atoms with Crippen molar-refractivity contribution >= 4 is 17.9 Å². The Morgan fingerprint density at radius 3 is 0.615 bits per heavy atom. The molecule has 1 unspecified atom stereocenters. The van der Waals surface area contributed by atoms with E-state index in [1.54, 1.807) is 0 Å². The van der Waals surface area contributed by atoms with Crippen LogP contribution < -0.4 is 0 Å². The average Bonchev–Trinajstić information content (AvgIpc) is 3.30. The molecule has 0 saturated heterocycles. The molecule has 0 aromatic rings. The summed E-state index contributed by atoms with van der Waals surface area (Å²) >= 11 is 0. The van der Waals surface area contributed by atoms with Gasteiger partial charge < -0.3 is 14.2 Å². The smallest absolute Gasteiger partial charge is 0.306 e. The Bertz CT molecular complexity index is 967. The van der Waals surface area contributed by atoms with Crippen molar-refractivity contribution in [3.63, 3.8) is 0 Å². The van der Waals surface area contributed by atoms with E-state index in [2.05, 4.69) is 20.8 Å². The zero-order chi connectivity index (χ0) is 47.2. The number of esters is 3. The van der Waals surface area contributed by atoms with Gasteiger partial charge in [-0.15, -0.1) is 0 Å². The highest BCUT2D eigenvalue weighted by Crippen LogP contribution is 2.18.